The number of ether oxygens (including phenoxy) is 1. The lowest BCUT2D eigenvalue weighted by Gasteiger charge is -2.37. The SMILES string of the molecule is CN1COC2(CNC2)C1. The second kappa shape index (κ2) is 1.68. The van der Waals surface area contributed by atoms with E-state index in [9.17, 15) is 0 Å². The highest BCUT2D eigenvalue weighted by molar-refractivity contribution is 4.99. The largest absolute Gasteiger partial charge is 0.356 e. The summed E-state index contributed by atoms with van der Waals surface area (Å²) in [5.41, 5.74) is 0.203. The first kappa shape index (κ1) is 5.65. The molecule has 52 valence electrons. The van der Waals surface area contributed by atoms with Crippen LogP contribution in [0, 0.1) is 0 Å². The van der Waals surface area contributed by atoms with Gasteiger partial charge >= 0.3 is 0 Å². The highest BCUT2D eigenvalue weighted by atomic mass is 16.5. The Kier molecular flexibility index (Phi) is 1.06. The molecule has 0 radical (unpaired) electrons. The fraction of sp³-hybridized carbons (Fsp3) is 1.00. The molecule has 2 aliphatic rings. The molecule has 2 aliphatic heterocycles. The smallest absolute Gasteiger partial charge is 0.107 e. The molecule has 2 rings (SSSR count). The summed E-state index contributed by atoms with van der Waals surface area (Å²) in [7, 11) is 2.09. The molecule has 2 fully saturated rings. The number of hydrogen-bond acceptors (Lipinski definition) is 3. The molecule has 0 unspecified atom stereocenters. The molecule has 2 heterocycles. The molecule has 0 bridgehead atoms. The summed E-state index contributed by atoms with van der Waals surface area (Å²) in [5, 5.41) is 3.21. The minimum Gasteiger partial charge on any atom is -0.356 e. The number of nitrogens with one attached hydrogen (secondary N) is 1. The van der Waals surface area contributed by atoms with Gasteiger partial charge in [0.1, 0.15) is 5.60 Å². The summed E-state index contributed by atoms with van der Waals surface area (Å²) in [6.07, 6.45) is 0. The van der Waals surface area contributed by atoms with Crippen LogP contribution in [0.5, 0.6) is 0 Å². The maximum Gasteiger partial charge on any atom is 0.107 e. The molecule has 0 aliphatic carbocycles. The molecule has 0 aromatic rings. The van der Waals surface area contributed by atoms with Crippen LogP contribution in [-0.2, 0) is 4.74 Å². The van der Waals surface area contributed by atoms with Gasteiger partial charge in [0.15, 0.2) is 0 Å². The summed E-state index contributed by atoms with van der Waals surface area (Å²) < 4.78 is 5.55. The quantitative estimate of drug-likeness (QED) is 0.464. The molecule has 0 aromatic heterocycles. The Labute approximate surface area is 55.0 Å². The predicted octanol–water partition coefficient (Wildman–Crippen LogP) is -0.752. The predicted molar refractivity (Wildman–Crippen MR) is 34.2 cm³/mol. The Bertz CT molecular complexity index is 122. The van der Waals surface area contributed by atoms with Crippen molar-refractivity contribution in [3.05, 3.63) is 0 Å². The summed E-state index contributed by atoms with van der Waals surface area (Å²) >= 11 is 0. The molecular formula is C6H12N2O. The van der Waals surface area contributed by atoms with Gasteiger partial charge in [-0.15, -0.1) is 0 Å². The minimum atomic E-state index is 0.203. The second-order valence-electron chi connectivity index (χ2n) is 3.07. The van der Waals surface area contributed by atoms with Crippen LogP contribution < -0.4 is 5.32 Å². The van der Waals surface area contributed by atoms with Gasteiger partial charge in [-0.25, -0.2) is 0 Å². The highest BCUT2D eigenvalue weighted by Gasteiger charge is 2.43. The van der Waals surface area contributed by atoms with Crippen LogP contribution in [0.2, 0.25) is 0 Å². The summed E-state index contributed by atoms with van der Waals surface area (Å²) in [4.78, 5) is 2.21. The van der Waals surface area contributed by atoms with Crippen LogP contribution in [0.4, 0.5) is 0 Å². The summed E-state index contributed by atoms with van der Waals surface area (Å²) in [6.45, 7) is 3.98. The van der Waals surface area contributed by atoms with Crippen molar-refractivity contribution in [2.75, 3.05) is 33.4 Å². The molecule has 0 atom stereocenters. The third-order valence-electron chi connectivity index (χ3n) is 2.04. The molecule has 1 N–H and O–H groups in total. The first-order chi connectivity index (χ1) is 4.31. The number of nitrogens with zero attached hydrogens (tertiary/aromatic N) is 1. The topological polar surface area (TPSA) is 24.5 Å². The molecule has 0 amide bonds. The van der Waals surface area contributed by atoms with Crippen molar-refractivity contribution in [1.82, 2.24) is 10.2 Å². The van der Waals surface area contributed by atoms with Gasteiger partial charge in [0.05, 0.1) is 6.73 Å². The average molecular weight is 128 g/mol. The van der Waals surface area contributed by atoms with Crippen molar-refractivity contribution in [3.8, 4) is 0 Å². The van der Waals surface area contributed by atoms with E-state index in [0.717, 1.165) is 26.4 Å². The zero-order chi connectivity index (χ0) is 6.32. The van der Waals surface area contributed by atoms with Gasteiger partial charge in [-0.05, 0) is 7.05 Å². The van der Waals surface area contributed by atoms with Crippen LogP contribution >= 0.6 is 0 Å². The molecule has 0 saturated carbocycles. The van der Waals surface area contributed by atoms with E-state index in [1.165, 1.54) is 0 Å². The van der Waals surface area contributed by atoms with E-state index in [4.69, 9.17) is 4.74 Å². The fourth-order valence-electron chi connectivity index (χ4n) is 1.45. The number of hydrogen-bond donors (Lipinski definition) is 1. The van der Waals surface area contributed by atoms with Crippen LogP contribution in [0.1, 0.15) is 0 Å². The molecule has 9 heavy (non-hydrogen) atoms. The Morgan fingerprint density at radius 2 is 2.33 bits per heavy atom. The fourth-order valence-corrected chi connectivity index (χ4v) is 1.45. The van der Waals surface area contributed by atoms with E-state index < -0.39 is 0 Å². The maximum atomic E-state index is 5.55. The van der Waals surface area contributed by atoms with Crippen LogP contribution in [-0.4, -0.2) is 43.9 Å². The van der Waals surface area contributed by atoms with Crippen molar-refractivity contribution in [2.24, 2.45) is 0 Å². The van der Waals surface area contributed by atoms with Crippen molar-refractivity contribution in [3.63, 3.8) is 0 Å². The van der Waals surface area contributed by atoms with Crippen LogP contribution in [0.3, 0.4) is 0 Å². The standard InChI is InChI=1S/C6H12N2O/c1-8-4-6(9-5-8)2-7-3-6/h7H,2-5H2,1H3. The Balaban J connectivity index is 1.99. The third kappa shape index (κ3) is 0.764. The maximum absolute atomic E-state index is 5.55. The van der Waals surface area contributed by atoms with Gasteiger partial charge in [-0.1, -0.05) is 0 Å². The van der Waals surface area contributed by atoms with Gasteiger partial charge in [0.2, 0.25) is 0 Å². The highest BCUT2D eigenvalue weighted by Crippen LogP contribution is 2.22. The minimum absolute atomic E-state index is 0.203. The molecule has 2 saturated heterocycles. The van der Waals surface area contributed by atoms with Gasteiger partial charge in [0.25, 0.3) is 0 Å². The Morgan fingerprint density at radius 3 is 2.56 bits per heavy atom. The molecule has 0 aromatic carbocycles. The van der Waals surface area contributed by atoms with E-state index >= 15 is 0 Å². The average Bonchev–Trinajstić information content (AvgIpc) is 2.09. The van der Waals surface area contributed by atoms with E-state index in [1.54, 1.807) is 0 Å². The number of likely N-dealkylation sites (N-methyl/N-ethyl adjacent to an activating group) is 1. The number of rotatable bonds is 0. The van der Waals surface area contributed by atoms with Gasteiger partial charge in [-0.3, -0.25) is 4.90 Å². The molecule has 3 nitrogen and oxygen atoms in total. The third-order valence-corrected chi connectivity index (χ3v) is 2.04. The molecular weight excluding hydrogens is 116 g/mol. The lowest BCUT2D eigenvalue weighted by atomic mass is 9.98. The normalized spacial score (nSPS) is 33.0. The van der Waals surface area contributed by atoms with Gasteiger partial charge < -0.3 is 10.1 Å². The van der Waals surface area contributed by atoms with E-state index in [2.05, 4.69) is 17.3 Å². The van der Waals surface area contributed by atoms with E-state index in [0.29, 0.717) is 0 Å². The Hall–Kier alpha value is -0.120. The Morgan fingerprint density at radius 1 is 1.56 bits per heavy atom. The lowest BCUT2D eigenvalue weighted by Crippen LogP contribution is -2.61. The van der Waals surface area contributed by atoms with Crippen LogP contribution in [0.25, 0.3) is 0 Å². The first-order valence-electron chi connectivity index (χ1n) is 3.34. The summed E-state index contributed by atoms with van der Waals surface area (Å²) in [5.74, 6) is 0. The molecule has 3 heteroatoms. The van der Waals surface area contributed by atoms with Gasteiger partial charge in [-0.2, -0.15) is 0 Å². The summed E-state index contributed by atoms with van der Waals surface area (Å²) in [6, 6.07) is 0. The van der Waals surface area contributed by atoms with Crippen molar-refractivity contribution < 1.29 is 4.74 Å². The monoisotopic (exact) mass is 128 g/mol. The zero-order valence-electron chi connectivity index (χ0n) is 5.68. The van der Waals surface area contributed by atoms with E-state index in [-0.39, 0.29) is 5.60 Å². The van der Waals surface area contributed by atoms with Crippen molar-refractivity contribution in [2.45, 2.75) is 5.60 Å². The lowest BCUT2D eigenvalue weighted by molar-refractivity contribution is -0.0312. The van der Waals surface area contributed by atoms with Crippen molar-refractivity contribution in [1.29, 1.82) is 0 Å². The second-order valence-corrected chi connectivity index (χ2v) is 3.07. The van der Waals surface area contributed by atoms with Crippen LogP contribution in [0.15, 0.2) is 0 Å². The van der Waals surface area contributed by atoms with Gasteiger partial charge in [0, 0.05) is 19.6 Å². The van der Waals surface area contributed by atoms with Crippen molar-refractivity contribution >= 4 is 0 Å². The van der Waals surface area contributed by atoms with E-state index in [1.807, 2.05) is 0 Å². The molecule has 1 spiro atoms. The zero-order valence-corrected chi connectivity index (χ0v) is 5.68. The first-order valence-corrected chi connectivity index (χ1v) is 3.34.